The van der Waals surface area contributed by atoms with Crippen LogP contribution in [0.3, 0.4) is 0 Å². The zero-order valence-electron chi connectivity index (χ0n) is 14.9. The molecule has 0 unspecified atom stereocenters. The Morgan fingerprint density at radius 1 is 1.32 bits per heavy atom. The Morgan fingerprint density at radius 3 is 2.88 bits per heavy atom. The highest BCUT2D eigenvalue weighted by Gasteiger charge is 2.29. The number of aromatic nitrogens is 1. The van der Waals surface area contributed by atoms with Gasteiger partial charge in [-0.1, -0.05) is 19.4 Å². The zero-order chi connectivity index (χ0) is 17.5. The molecular formula is C20H27N3OS. The molecule has 1 amide bonds. The van der Waals surface area contributed by atoms with Crippen LogP contribution in [-0.2, 0) is 17.9 Å². The van der Waals surface area contributed by atoms with Crippen LogP contribution in [0.15, 0.2) is 42.0 Å². The molecule has 134 valence electrons. The van der Waals surface area contributed by atoms with Gasteiger partial charge in [-0.3, -0.25) is 14.7 Å². The second-order valence-electron chi connectivity index (χ2n) is 6.87. The average Bonchev–Trinajstić information content (AvgIpc) is 3.16. The average molecular weight is 358 g/mol. The van der Waals surface area contributed by atoms with E-state index in [0.29, 0.717) is 24.8 Å². The summed E-state index contributed by atoms with van der Waals surface area (Å²) in [7, 11) is 0. The maximum absolute atomic E-state index is 12.3. The van der Waals surface area contributed by atoms with Gasteiger partial charge in [-0.25, -0.2) is 0 Å². The molecule has 3 rings (SSSR count). The van der Waals surface area contributed by atoms with Gasteiger partial charge < -0.3 is 5.32 Å². The summed E-state index contributed by atoms with van der Waals surface area (Å²) in [6, 6.07) is 8.27. The summed E-state index contributed by atoms with van der Waals surface area (Å²) in [5.41, 5.74) is 1.32. The predicted octanol–water partition coefficient (Wildman–Crippen LogP) is 3.70. The SMILES string of the molecule is CC[C@@H]1CN(Cc2ccncc2)CC[C@H]1CC(=O)NCc1cccs1. The number of thiophene rings is 1. The Hall–Kier alpha value is -1.72. The van der Waals surface area contributed by atoms with E-state index in [4.69, 9.17) is 0 Å². The van der Waals surface area contributed by atoms with Gasteiger partial charge in [0.1, 0.15) is 0 Å². The third-order valence-corrected chi connectivity index (χ3v) is 6.02. The van der Waals surface area contributed by atoms with Crippen LogP contribution >= 0.6 is 11.3 Å². The highest BCUT2D eigenvalue weighted by atomic mass is 32.1. The number of rotatable bonds is 7. The van der Waals surface area contributed by atoms with Crippen molar-refractivity contribution in [3.63, 3.8) is 0 Å². The molecule has 0 aliphatic carbocycles. The number of hydrogen-bond donors (Lipinski definition) is 1. The van der Waals surface area contributed by atoms with Crippen molar-refractivity contribution in [2.45, 2.75) is 39.3 Å². The minimum atomic E-state index is 0.194. The van der Waals surface area contributed by atoms with E-state index >= 15 is 0 Å². The number of amides is 1. The quantitative estimate of drug-likeness (QED) is 0.822. The number of likely N-dealkylation sites (tertiary alicyclic amines) is 1. The number of hydrogen-bond acceptors (Lipinski definition) is 4. The van der Waals surface area contributed by atoms with Crippen LogP contribution < -0.4 is 5.32 Å². The molecule has 0 bridgehead atoms. The summed E-state index contributed by atoms with van der Waals surface area (Å²) < 4.78 is 0. The standard InChI is InChI=1S/C20H27N3OS/c1-2-17-15-23(14-16-5-8-21-9-6-16)10-7-18(17)12-20(24)22-13-19-4-3-11-25-19/h3-6,8-9,11,17-18H,2,7,10,12-15H2,1H3,(H,22,24)/t17-,18+/m1/s1. The number of nitrogens with zero attached hydrogens (tertiary/aromatic N) is 2. The Kier molecular flexibility index (Phi) is 6.59. The largest absolute Gasteiger partial charge is 0.351 e. The molecule has 1 N–H and O–H groups in total. The van der Waals surface area contributed by atoms with Crippen LogP contribution in [0, 0.1) is 11.8 Å². The first-order chi connectivity index (χ1) is 12.2. The van der Waals surface area contributed by atoms with Gasteiger partial charge >= 0.3 is 0 Å². The number of carbonyl (C=O) groups excluding carboxylic acids is 1. The summed E-state index contributed by atoms with van der Waals surface area (Å²) in [5.74, 6) is 1.30. The van der Waals surface area contributed by atoms with Gasteiger partial charge in [-0.05, 0) is 53.9 Å². The van der Waals surface area contributed by atoms with Gasteiger partial charge in [0.05, 0.1) is 6.54 Å². The lowest BCUT2D eigenvalue weighted by Crippen LogP contribution is -2.41. The molecule has 4 nitrogen and oxygen atoms in total. The fraction of sp³-hybridized carbons (Fsp3) is 0.500. The third-order valence-electron chi connectivity index (χ3n) is 5.14. The maximum Gasteiger partial charge on any atom is 0.220 e. The molecule has 2 aromatic heterocycles. The van der Waals surface area contributed by atoms with Crippen LogP contribution in [-0.4, -0.2) is 28.9 Å². The highest BCUT2D eigenvalue weighted by molar-refractivity contribution is 7.09. The summed E-state index contributed by atoms with van der Waals surface area (Å²) in [6.07, 6.45) is 6.62. The fourth-order valence-electron chi connectivity index (χ4n) is 3.69. The fourth-order valence-corrected chi connectivity index (χ4v) is 4.33. The van der Waals surface area contributed by atoms with Gasteiger partial charge in [-0.2, -0.15) is 0 Å². The zero-order valence-corrected chi connectivity index (χ0v) is 15.7. The first kappa shape index (κ1) is 18.1. The van der Waals surface area contributed by atoms with E-state index in [1.165, 1.54) is 10.4 Å². The minimum Gasteiger partial charge on any atom is -0.351 e. The van der Waals surface area contributed by atoms with Crippen LogP contribution in [0.1, 0.15) is 36.6 Å². The molecule has 1 saturated heterocycles. The van der Waals surface area contributed by atoms with Crippen molar-refractivity contribution in [3.05, 3.63) is 52.5 Å². The number of pyridine rings is 1. The summed E-state index contributed by atoms with van der Waals surface area (Å²) in [4.78, 5) is 20.1. The molecule has 5 heteroatoms. The van der Waals surface area contributed by atoms with Crippen molar-refractivity contribution in [2.24, 2.45) is 11.8 Å². The van der Waals surface area contributed by atoms with E-state index in [-0.39, 0.29) is 5.91 Å². The maximum atomic E-state index is 12.3. The van der Waals surface area contributed by atoms with E-state index < -0.39 is 0 Å². The normalized spacial score (nSPS) is 21.2. The lowest BCUT2D eigenvalue weighted by atomic mass is 9.81. The van der Waals surface area contributed by atoms with Gasteiger partial charge in [0.25, 0.3) is 0 Å². The van der Waals surface area contributed by atoms with E-state index in [1.807, 2.05) is 23.8 Å². The third kappa shape index (κ3) is 5.38. The lowest BCUT2D eigenvalue weighted by molar-refractivity contribution is -0.123. The second kappa shape index (κ2) is 9.11. The van der Waals surface area contributed by atoms with Crippen LogP contribution in [0.4, 0.5) is 0 Å². The van der Waals surface area contributed by atoms with E-state index in [0.717, 1.165) is 32.5 Å². The Labute approximate surface area is 154 Å². The Morgan fingerprint density at radius 2 is 2.16 bits per heavy atom. The highest BCUT2D eigenvalue weighted by Crippen LogP contribution is 2.29. The minimum absolute atomic E-state index is 0.194. The Bertz CT molecular complexity index is 644. The van der Waals surface area contributed by atoms with Crippen LogP contribution in [0.2, 0.25) is 0 Å². The van der Waals surface area contributed by atoms with Gasteiger partial charge in [-0.15, -0.1) is 11.3 Å². The molecule has 0 saturated carbocycles. The van der Waals surface area contributed by atoms with Crippen molar-refractivity contribution >= 4 is 17.2 Å². The first-order valence-electron chi connectivity index (χ1n) is 9.15. The molecular weight excluding hydrogens is 330 g/mol. The molecule has 1 aliphatic rings. The number of piperidine rings is 1. The molecule has 0 aromatic carbocycles. The number of carbonyl (C=O) groups is 1. The molecule has 1 aliphatic heterocycles. The Balaban J connectivity index is 1.47. The van der Waals surface area contributed by atoms with Crippen molar-refractivity contribution in [2.75, 3.05) is 13.1 Å². The van der Waals surface area contributed by atoms with Gasteiger partial charge in [0, 0.05) is 36.8 Å². The molecule has 1 fully saturated rings. The van der Waals surface area contributed by atoms with Crippen molar-refractivity contribution in [1.82, 2.24) is 15.2 Å². The molecule has 2 aromatic rings. The van der Waals surface area contributed by atoms with Crippen molar-refractivity contribution in [1.29, 1.82) is 0 Å². The van der Waals surface area contributed by atoms with Crippen LogP contribution in [0.5, 0.6) is 0 Å². The monoisotopic (exact) mass is 357 g/mol. The summed E-state index contributed by atoms with van der Waals surface area (Å²) in [5, 5.41) is 5.13. The van der Waals surface area contributed by atoms with E-state index in [1.54, 1.807) is 11.3 Å². The van der Waals surface area contributed by atoms with E-state index in [9.17, 15) is 4.79 Å². The van der Waals surface area contributed by atoms with Crippen molar-refractivity contribution in [3.8, 4) is 0 Å². The molecule has 25 heavy (non-hydrogen) atoms. The van der Waals surface area contributed by atoms with Gasteiger partial charge in [0.15, 0.2) is 0 Å². The summed E-state index contributed by atoms with van der Waals surface area (Å²) >= 11 is 1.69. The first-order valence-corrected chi connectivity index (χ1v) is 10.0. The predicted molar refractivity (Wildman–Crippen MR) is 102 cm³/mol. The molecule has 0 spiro atoms. The molecule has 0 radical (unpaired) electrons. The smallest absolute Gasteiger partial charge is 0.220 e. The molecule has 2 atom stereocenters. The van der Waals surface area contributed by atoms with Crippen molar-refractivity contribution < 1.29 is 4.79 Å². The van der Waals surface area contributed by atoms with E-state index in [2.05, 4.69) is 40.3 Å². The topological polar surface area (TPSA) is 45.2 Å². The van der Waals surface area contributed by atoms with Gasteiger partial charge in [0.2, 0.25) is 5.91 Å². The lowest BCUT2D eigenvalue weighted by Gasteiger charge is -2.38. The summed E-state index contributed by atoms with van der Waals surface area (Å²) in [6.45, 7) is 6.05. The number of nitrogens with one attached hydrogen (secondary N) is 1. The molecule has 3 heterocycles. The second-order valence-corrected chi connectivity index (χ2v) is 7.90. The van der Waals surface area contributed by atoms with Crippen LogP contribution in [0.25, 0.3) is 0 Å².